The summed E-state index contributed by atoms with van der Waals surface area (Å²) in [5.41, 5.74) is 0.931. The molecule has 0 saturated heterocycles. The van der Waals surface area contributed by atoms with Gasteiger partial charge in [0.15, 0.2) is 5.82 Å². The third-order valence-electron chi connectivity index (χ3n) is 2.37. The molecule has 2 aromatic rings. The number of benzene rings is 1. The zero-order chi connectivity index (χ0) is 12.3. The lowest BCUT2D eigenvalue weighted by atomic mass is 10.2. The van der Waals surface area contributed by atoms with Gasteiger partial charge in [-0.1, -0.05) is 37.3 Å². The smallest absolute Gasteiger partial charge is 0.228 e. The Kier molecular flexibility index (Phi) is 3.18. The highest BCUT2D eigenvalue weighted by Gasteiger charge is 2.10. The monoisotopic (exact) mass is 230 g/mol. The summed E-state index contributed by atoms with van der Waals surface area (Å²) in [6, 6.07) is 9.65. The van der Waals surface area contributed by atoms with E-state index in [1.807, 2.05) is 30.3 Å². The first-order chi connectivity index (χ1) is 8.20. The SMILES string of the molecule is CCC(=O)Nc1nc(-c2ccccc2)nn1C. The highest BCUT2D eigenvalue weighted by atomic mass is 16.1. The number of anilines is 1. The van der Waals surface area contributed by atoms with Gasteiger partial charge in [-0.2, -0.15) is 4.98 Å². The van der Waals surface area contributed by atoms with Gasteiger partial charge in [0.2, 0.25) is 11.9 Å². The molecule has 0 atom stereocenters. The average molecular weight is 230 g/mol. The van der Waals surface area contributed by atoms with Gasteiger partial charge < -0.3 is 0 Å². The summed E-state index contributed by atoms with van der Waals surface area (Å²) in [6.45, 7) is 1.80. The predicted octanol–water partition coefficient (Wildman–Crippen LogP) is 1.83. The molecule has 1 heterocycles. The largest absolute Gasteiger partial charge is 0.295 e. The molecular formula is C12H14N4O. The zero-order valence-corrected chi connectivity index (χ0v) is 9.84. The number of nitrogens with zero attached hydrogens (tertiary/aromatic N) is 3. The first kappa shape index (κ1) is 11.3. The molecule has 0 bridgehead atoms. The Morgan fingerprint density at radius 1 is 1.35 bits per heavy atom. The maximum atomic E-state index is 11.3. The van der Waals surface area contributed by atoms with E-state index < -0.39 is 0 Å². The molecule has 1 aromatic heterocycles. The summed E-state index contributed by atoms with van der Waals surface area (Å²) in [7, 11) is 1.75. The minimum Gasteiger partial charge on any atom is -0.295 e. The van der Waals surface area contributed by atoms with E-state index in [-0.39, 0.29) is 5.91 Å². The van der Waals surface area contributed by atoms with Crippen LogP contribution in [0.1, 0.15) is 13.3 Å². The van der Waals surface area contributed by atoms with Crippen molar-refractivity contribution in [2.24, 2.45) is 7.05 Å². The van der Waals surface area contributed by atoms with Crippen molar-refractivity contribution in [1.82, 2.24) is 14.8 Å². The Bertz CT molecular complexity index is 519. The molecule has 0 aliphatic rings. The number of hydrogen-bond acceptors (Lipinski definition) is 3. The summed E-state index contributed by atoms with van der Waals surface area (Å²) >= 11 is 0. The molecule has 5 heteroatoms. The van der Waals surface area contributed by atoms with Gasteiger partial charge in [0, 0.05) is 19.0 Å². The van der Waals surface area contributed by atoms with Crippen molar-refractivity contribution >= 4 is 11.9 Å². The van der Waals surface area contributed by atoms with Gasteiger partial charge in [-0.25, -0.2) is 4.68 Å². The van der Waals surface area contributed by atoms with Crippen LogP contribution in [-0.4, -0.2) is 20.7 Å². The second-order valence-electron chi connectivity index (χ2n) is 3.65. The second-order valence-corrected chi connectivity index (χ2v) is 3.65. The van der Waals surface area contributed by atoms with Crippen molar-refractivity contribution in [3.8, 4) is 11.4 Å². The van der Waals surface area contributed by atoms with E-state index in [1.54, 1.807) is 18.7 Å². The molecule has 1 N–H and O–H groups in total. The van der Waals surface area contributed by atoms with Crippen LogP contribution in [0.15, 0.2) is 30.3 Å². The van der Waals surface area contributed by atoms with E-state index in [0.29, 0.717) is 18.2 Å². The molecule has 5 nitrogen and oxygen atoms in total. The van der Waals surface area contributed by atoms with Crippen LogP contribution in [0.4, 0.5) is 5.95 Å². The first-order valence-electron chi connectivity index (χ1n) is 5.47. The normalized spacial score (nSPS) is 10.2. The van der Waals surface area contributed by atoms with Crippen LogP contribution in [0.2, 0.25) is 0 Å². The van der Waals surface area contributed by atoms with Crippen LogP contribution < -0.4 is 5.32 Å². The van der Waals surface area contributed by atoms with Crippen LogP contribution in [0.25, 0.3) is 11.4 Å². The lowest BCUT2D eigenvalue weighted by molar-refractivity contribution is -0.115. The van der Waals surface area contributed by atoms with Crippen molar-refractivity contribution < 1.29 is 4.79 Å². The van der Waals surface area contributed by atoms with Crippen molar-refractivity contribution in [3.63, 3.8) is 0 Å². The molecule has 0 saturated carbocycles. The number of hydrogen-bond donors (Lipinski definition) is 1. The Labute approximate surface area is 99.5 Å². The molecular weight excluding hydrogens is 216 g/mol. The van der Waals surface area contributed by atoms with Crippen molar-refractivity contribution in [1.29, 1.82) is 0 Å². The molecule has 1 amide bonds. The van der Waals surface area contributed by atoms with Gasteiger partial charge in [0.25, 0.3) is 0 Å². The van der Waals surface area contributed by atoms with Crippen molar-refractivity contribution in [2.75, 3.05) is 5.32 Å². The van der Waals surface area contributed by atoms with Crippen molar-refractivity contribution in [3.05, 3.63) is 30.3 Å². The van der Waals surface area contributed by atoms with Crippen molar-refractivity contribution in [2.45, 2.75) is 13.3 Å². The third-order valence-corrected chi connectivity index (χ3v) is 2.37. The number of carbonyl (C=O) groups is 1. The molecule has 2 rings (SSSR count). The number of aryl methyl sites for hydroxylation is 1. The molecule has 1 aromatic carbocycles. The minimum atomic E-state index is -0.0693. The van der Waals surface area contributed by atoms with E-state index in [4.69, 9.17) is 0 Å². The van der Waals surface area contributed by atoms with Crippen LogP contribution in [0.3, 0.4) is 0 Å². The van der Waals surface area contributed by atoms with E-state index in [1.165, 1.54) is 0 Å². The quantitative estimate of drug-likeness (QED) is 0.875. The van der Waals surface area contributed by atoms with Crippen LogP contribution in [0.5, 0.6) is 0 Å². The summed E-state index contributed by atoms with van der Waals surface area (Å²) in [5.74, 6) is 1.01. The summed E-state index contributed by atoms with van der Waals surface area (Å²) < 4.78 is 1.57. The van der Waals surface area contributed by atoms with E-state index >= 15 is 0 Å². The van der Waals surface area contributed by atoms with Crippen LogP contribution in [0, 0.1) is 0 Å². The molecule has 0 aliphatic heterocycles. The summed E-state index contributed by atoms with van der Waals surface area (Å²) in [5, 5.41) is 6.96. The summed E-state index contributed by atoms with van der Waals surface area (Å²) in [6.07, 6.45) is 0.424. The minimum absolute atomic E-state index is 0.0693. The van der Waals surface area contributed by atoms with E-state index in [2.05, 4.69) is 15.4 Å². The number of rotatable bonds is 3. The zero-order valence-electron chi connectivity index (χ0n) is 9.84. The maximum absolute atomic E-state index is 11.3. The average Bonchev–Trinajstić information content (AvgIpc) is 2.72. The number of amides is 1. The first-order valence-corrected chi connectivity index (χ1v) is 5.47. The topological polar surface area (TPSA) is 59.8 Å². The second kappa shape index (κ2) is 4.78. The van der Waals surface area contributed by atoms with Gasteiger partial charge in [-0.3, -0.25) is 10.1 Å². The van der Waals surface area contributed by atoms with Crippen LogP contribution in [-0.2, 0) is 11.8 Å². The molecule has 0 unspecified atom stereocenters. The highest BCUT2D eigenvalue weighted by Crippen LogP contribution is 2.16. The highest BCUT2D eigenvalue weighted by molar-refractivity contribution is 5.88. The van der Waals surface area contributed by atoms with Gasteiger partial charge in [0.05, 0.1) is 0 Å². The Morgan fingerprint density at radius 2 is 2.06 bits per heavy atom. The lowest BCUT2D eigenvalue weighted by Gasteiger charge is -1.99. The molecule has 0 radical (unpaired) electrons. The molecule has 0 aliphatic carbocycles. The molecule has 88 valence electrons. The Hall–Kier alpha value is -2.17. The van der Waals surface area contributed by atoms with E-state index in [9.17, 15) is 4.79 Å². The third kappa shape index (κ3) is 2.50. The fraction of sp³-hybridized carbons (Fsp3) is 0.250. The van der Waals surface area contributed by atoms with E-state index in [0.717, 1.165) is 5.56 Å². The van der Waals surface area contributed by atoms with Gasteiger partial charge in [0.1, 0.15) is 0 Å². The van der Waals surface area contributed by atoms with Gasteiger partial charge in [-0.15, -0.1) is 5.10 Å². The van der Waals surface area contributed by atoms with Gasteiger partial charge in [-0.05, 0) is 0 Å². The molecule has 17 heavy (non-hydrogen) atoms. The molecule has 0 spiro atoms. The lowest BCUT2D eigenvalue weighted by Crippen LogP contribution is -2.13. The number of nitrogens with one attached hydrogen (secondary N) is 1. The standard InChI is InChI=1S/C12H14N4O/c1-3-10(17)13-12-14-11(15-16(12)2)9-7-5-4-6-8-9/h4-8H,3H2,1-2H3,(H,13,14,15,17). The van der Waals surface area contributed by atoms with Gasteiger partial charge >= 0.3 is 0 Å². The van der Waals surface area contributed by atoms with Crippen LogP contribution >= 0.6 is 0 Å². The molecule has 0 fully saturated rings. The Balaban J connectivity index is 2.28. The maximum Gasteiger partial charge on any atom is 0.228 e. The predicted molar refractivity (Wildman–Crippen MR) is 65.4 cm³/mol. The fourth-order valence-corrected chi connectivity index (χ4v) is 1.42. The Morgan fingerprint density at radius 3 is 2.71 bits per heavy atom. The summed E-state index contributed by atoms with van der Waals surface area (Å²) in [4.78, 5) is 15.6. The number of aromatic nitrogens is 3. The fourth-order valence-electron chi connectivity index (χ4n) is 1.42. The number of carbonyl (C=O) groups excluding carboxylic acids is 1.